The average Bonchev–Trinajstić information content (AvgIpc) is 2.67. The van der Waals surface area contributed by atoms with Crippen LogP contribution in [0, 0.1) is 5.92 Å². The Balaban J connectivity index is 1.89. The maximum absolute atomic E-state index is 3.79. The van der Waals surface area contributed by atoms with Crippen LogP contribution in [0.5, 0.6) is 0 Å². The standard InChI is InChI=1S/C14H28N2/c1-3-7-14(8-5-9-15-14)12-16-10-4-6-13(2)11-16/h13,15H,3-12H2,1-2H3. The molecule has 0 bridgehead atoms. The predicted molar refractivity (Wildman–Crippen MR) is 69.7 cm³/mol. The summed E-state index contributed by atoms with van der Waals surface area (Å²) in [7, 11) is 0. The minimum absolute atomic E-state index is 0.464. The molecule has 2 unspecified atom stereocenters. The molecule has 0 aromatic heterocycles. The lowest BCUT2D eigenvalue weighted by atomic mass is 9.89. The first-order chi connectivity index (χ1) is 7.74. The Labute approximate surface area is 101 Å². The molecule has 16 heavy (non-hydrogen) atoms. The van der Waals surface area contributed by atoms with Gasteiger partial charge in [-0.1, -0.05) is 20.3 Å². The average molecular weight is 224 g/mol. The van der Waals surface area contributed by atoms with E-state index in [1.807, 2.05) is 0 Å². The Hall–Kier alpha value is -0.0800. The molecule has 2 aliphatic rings. The van der Waals surface area contributed by atoms with Crippen LogP contribution in [-0.2, 0) is 0 Å². The van der Waals surface area contributed by atoms with Crippen LogP contribution in [0.2, 0.25) is 0 Å². The van der Waals surface area contributed by atoms with Crippen molar-refractivity contribution in [1.29, 1.82) is 0 Å². The summed E-state index contributed by atoms with van der Waals surface area (Å²) in [6.45, 7) is 9.92. The molecule has 0 saturated carbocycles. The van der Waals surface area contributed by atoms with Gasteiger partial charge in [0, 0.05) is 18.6 Å². The lowest BCUT2D eigenvalue weighted by Gasteiger charge is -2.39. The van der Waals surface area contributed by atoms with Gasteiger partial charge in [0.2, 0.25) is 0 Å². The van der Waals surface area contributed by atoms with Crippen LogP contribution in [0.1, 0.15) is 52.4 Å². The van der Waals surface area contributed by atoms with E-state index in [1.54, 1.807) is 0 Å². The second-order valence-electron chi connectivity index (χ2n) is 6.04. The van der Waals surface area contributed by atoms with E-state index in [0.717, 1.165) is 5.92 Å². The van der Waals surface area contributed by atoms with Gasteiger partial charge in [-0.3, -0.25) is 0 Å². The molecule has 2 heteroatoms. The van der Waals surface area contributed by atoms with E-state index in [2.05, 4.69) is 24.1 Å². The van der Waals surface area contributed by atoms with Gasteiger partial charge in [-0.25, -0.2) is 0 Å². The molecule has 0 aromatic carbocycles. The van der Waals surface area contributed by atoms with E-state index >= 15 is 0 Å². The topological polar surface area (TPSA) is 15.3 Å². The van der Waals surface area contributed by atoms with Crippen molar-refractivity contribution in [2.45, 2.75) is 57.9 Å². The summed E-state index contributed by atoms with van der Waals surface area (Å²) >= 11 is 0. The molecule has 2 rings (SSSR count). The molecule has 0 aliphatic carbocycles. The zero-order chi connectivity index (χ0) is 11.4. The first-order valence-electron chi connectivity index (χ1n) is 7.21. The largest absolute Gasteiger partial charge is 0.310 e. The van der Waals surface area contributed by atoms with Crippen LogP contribution in [0.25, 0.3) is 0 Å². The minimum atomic E-state index is 0.464. The van der Waals surface area contributed by atoms with Gasteiger partial charge in [-0.2, -0.15) is 0 Å². The van der Waals surface area contributed by atoms with Crippen LogP contribution in [-0.4, -0.2) is 36.6 Å². The normalized spacial score (nSPS) is 36.8. The maximum atomic E-state index is 3.79. The van der Waals surface area contributed by atoms with Crippen molar-refractivity contribution in [2.75, 3.05) is 26.2 Å². The van der Waals surface area contributed by atoms with Crippen LogP contribution >= 0.6 is 0 Å². The van der Waals surface area contributed by atoms with Crippen molar-refractivity contribution in [3.63, 3.8) is 0 Å². The molecule has 0 amide bonds. The Kier molecular flexibility index (Phi) is 4.26. The Morgan fingerprint density at radius 3 is 2.88 bits per heavy atom. The van der Waals surface area contributed by atoms with Gasteiger partial charge in [-0.05, 0) is 51.1 Å². The predicted octanol–water partition coefficient (Wildman–Crippen LogP) is 2.64. The van der Waals surface area contributed by atoms with E-state index < -0.39 is 0 Å². The fourth-order valence-electron chi connectivity index (χ4n) is 3.63. The molecule has 94 valence electrons. The lowest BCUT2D eigenvalue weighted by molar-refractivity contribution is 0.132. The monoisotopic (exact) mass is 224 g/mol. The highest BCUT2D eigenvalue weighted by atomic mass is 15.2. The summed E-state index contributed by atoms with van der Waals surface area (Å²) < 4.78 is 0. The zero-order valence-corrected chi connectivity index (χ0v) is 11.1. The van der Waals surface area contributed by atoms with Gasteiger partial charge in [0.1, 0.15) is 0 Å². The summed E-state index contributed by atoms with van der Waals surface area (Å²) in [6.07, 6.45) is 8.29. The Bertz CT molecular complexity index is 209. The Morgan fingerprint density at radius 1 is 1.38 bits per heavy atom. The van der Waals surface area contributed by atoms with Crippen molar-refractivity contribution >= 4 is 0 Å². The lowest BCUT2D eigenvalue weighted by Crippen LogP contribution is -2.51. The summed E-state index contributed by atoms with van der Waals surface area (Å²) in [4.78, 5) is 2.71. The van der Waals surface area contributed by atoms with Crippen LogP contribution in [0.15, 0.2) is 0 Å². The first kappa shape index (κ1) is 12.4. The summed E-state index contributed by atoms with van der Waals surface area (Å²) in [5, 5.41) is 3.79. The van der Waals surface area contributed by atoms with Gasteiger partial charge in [0.15, 0.2) is 0 Å². The number of rotatable bonds is 4. The summed E-state index contributed by atoms with van der Waals surface area (Å²) in [5.41, 5.74) is 0.464. The quantitative estimate of drug-likeness (QED) is 0.790. The second-order valence-corrected chi connectivity index (χ2v) is 6.04. The fraction of sp³-hybridized carbons (Fsp3) is 1.00. The van der Waals surface area contributed by atoms with Gasteiger partial charge in [0.05, 0.1) is 0 Å². The van der Waals surface area contributed by atoms with Gasteiger partial charge < -0.3 is 10.2 Å². The van der Waals surface area contributed by atoms with Gasteiger partial charge >= 0.3 is 0 Å². The number of hydrogen-bond donors (Lipinski definition) is 1. The molecule has 2 saturated heterocycles. The summed E-state index contributed by atoms with van der Waals surface area (Å²) in [5.74, 6) is 0.911. The number of piperidine rings is 1. The second kappa shape index (κ2) is 5.50. The molecule has 2 atom stereocenters. The number of likely N-dealkylation sites (tertiary alicyclic amines) is 1. The minimum Gasteiger partial charge on any atom is -0.310 e. The van der Waals surface area contributed by atoms with Crippen molar-refractivity contribution in [1.82, 2.24) is 10.2 Å². The van der Waals surface area contributed by atoms with Crippen molar-refractivity contribution in [3.05, 3.63) is 0 Å². The Morgan fingerprint density at radius 2 is 2.25 bits per heavy atom. The summed E-state index contributed by atoms with van der Waals surface area (Å²) in [6, 6.07) is 0. The van der Waals surface area contributed by atoms with Gasteiger partial charge in [0.25, 0.3) is 0 Å². The third kappa shape index (κ3) is 2.98. The van der Waals surface area contributed by atoms with E-state index in [4.69, 9.17) is 0 Å². The third-order valence-corrected chi connectivity index (χ3v) is 4.33. The van der Waals surface area contributed by atoms with E-state index in [1.165, 1.54) is 64.7 Å². The van der Waals surface area contributed by atoms with Crippen LogP contribution < -0.4 is 5.32 Å². The van der Waals surface area contributed by atoms with E-state index in [0.29, 0.717) is 5.54 Å². The molecule has 0 spiro atoms. The number of nitrogens with one attached hydrogen (secondary N) is 1. The third-order valence-electron chi connectivity index (χ3n) is 4.33. The SMILES string of the molecule is CCCC1(CN2CCCC(C)C2)CCCN1. The highest BCUT2D eigenvalue weighted by molar-refractivity contribution is 4.95. The van der Waals surface area contributed by atoms with E-state index in [-0.39, 0.29) is 0 Å². The van der Waals surface area contributed by atoms with Crippen molar-refractivity contribution < 1.29 is 0 Å². The number of nitrogens with zero attached hydrogens (tertiary/aromatic N) is 1. The highest BCUT2D eigenvalue weighted by Crippen LogP contribution is 2.27. The van der Waals surface area contributed by atoms with E-state index in [9.17, 15) is 0 Å². The molecule has 2 heterocycles. The highest BCUT2D eigenvalue weighted by Gasteiger charge is 2.34. The molecule has 2 nitrogen and oxygen atoms in total. The molecular weight excluding hydrogens is 196 g/mol. The smallest absolute Gasteiger partial charge is 0.0309 e. The molecule has 2 aliphatic heterocycles. The molecule has 2 fully saturated rings. The van der Waals surface area contributed by atoms with Crippen LogP contribution in [0.3, 0.4) is 0 Å². The zero-order valence-electron chi connectivity index (χ0n) is 11.1. The van der Waals surface area contributed by atoms with Crippen LogP contribution in [0.4, 0.5) is 0 Å². The molecule has 0 radical (unpaired) electrons. The molecule has 1 N–H and O–H groups in total. The maximum Gasteiger partial charge on any atom is 0.0309 e. The van der Waals surface area contributed by atoms with Crippen molar-refractivity contribution in [3.8, 4) is 0 Å². The first-order valence-corrected chi connectivity index (χ1v) is 7.21. The fourth-order valence-corrected chi connectivity index (χ4v) is 3.63. The molecule has 0 aromatic rings. The van der Waals surface area contributed by atoms with Gasteiger partial charge in [-0.15, -0.1) is 0 Å². The number of hydrogen-bond acceptors (Lipinski definition) is 2. The molecular formula is C14H28N2. The van der Waals surface area contributed by atoms with Crippen molar-refractivity contribution in [2.24, 2.45) is 5.92 Å².